The topological polar surface area (TPSA) is 83.3 Å². The second kappa shape index (κ2) is 7.62. The lowest BCUT2D eigenvalue weighted by atomic mass is 9.95. The minimum absolute atomic E-state index is 0.280. The van der Waals surface area contributed by atoms with Crippen molar-refractivity contribution in [3.05, 3.63) is 68.1 Å². The first-order valence-corrected chi connectivity index (χ1v) is 11.2. The van der Waals surface area contributed by atoms with E-state index in [1.165, 1.54) is 23.8 Å². The van der Waals surface area contributed by atoms with Crippen molar-refractivity contribution >= 4 is 22.7 Å². The van der Waals surface area contributed by atoms with Crippen LogP contribution >= 0.6 is 0 Å². The first kappa shape index (κ1) is 20.5. The molecular formula is C24H27N5O3. The Morgan fingerprint density at radius 3 is 2.41 bits per heavy atom. The Bertz CT molecular complexity index is 1460. The molecule has 0 amide bonds. The van der Waals surface area contributed by atoms with Crippen molar-refractivity contribution in [2.45, 2.75) is 58.5 Å². The van der Waals surface area contributed by atoms with Gasteiger partial charge in [-0.2, -0.15) is 4.98 Å². The highest BCUT2D eigenvalue weighted by atomic mass is 16.2. The van der Waals surface area contributed by atoms with Gasteiger partial charge in [0.15, 0.2) is 16.9 Å². The van der Waals surface area contributed by atoms with E-state index in [2.05, 4.69) is 11.5 Å². The minimum Gasteiger partial charge on any atom is -0.311 e. The van der Waals surface area contributed by atoms with E-state index < -0.39 is 11.2 Å². The molecule has 0 unspecified atom stereocenters. The van der Waals surface area contributed by atoms with Crippen LogP contribution in [0.1, 0.15) is 59.9 Å². The highest BCUT2D eigenvalue weighted by Crippen LogP contribution is 2.33. The van der Waals surface area contributed by atoms with Crippen LogP contribution in [0.15, 0.2) is 39.9 Å². The average Bonchev–Trinajstić information content (AvgIpc) is 3.31. The third kappa shape index (κ3) is 2.97. The van der Waals surface area contributed by atoms with Crippen LogP contribution in [0.5, 0.6) is 0 Å². The van der Waals surface area contributed by atoms with Crippen LogP contribution in [0, 0.1) is 13.8 Å². The van der Waals surface area contributed by atoms with Crippen molar-refractivity contribution < 1.29 is 4.79 Å². The molecule has 5 rings (SSSR count). The van der Waals surface area contributed by atoms with Crippen molar-refractivity contribution in [1.29, 1.82) is 0 Å². The van der Waals surface area contributed by atoms with Crippen LogP contribution in [-0.4, -0.2) is 28.9 Å². The zero-order valence-corrected chi connectivity index (χ0v) is 18.7. The summed E-state index contributed by atoms with van der Waals surface area (Å²) in [5.74, 6) is 0.415. The van der Waals surface area contributed by atoms with Crippen LogP contribution in [0.25, 0.3) is 16.9 Å². The third-order valence-electron chi connectivity index (χ3n) is 6.90. The van der Waals surface area contributed by atoms with Gasteiger partial charge in [-0.25, -0.2) is 4.79 Å². The van der Waals surface area contributed by atoms with Crippen molar-refractivity contribution in [2.24, 2.45) is 7.05 Å². The largest absolute Gasteiger partial charge is 0.332 e. The number of benzene rings is 1. The molecule has 166 valence electrons. The number of carbonyl (C=O) groups excluding carboxylic acids is 1. The van der Waals surface area contributed by atoms with Crippen molar-refractivity contribution in [2.75, 3.05) is 0 Å². The summed E-state index contributed by atoms with van der Waals surface area (Å²) in [5.41, 5.74) is 2.17. The molecule has 8 nitrogen and oxygen atoms in total. The number of imidazole rings is 2. The van der Waals surface area contributed by atoms with Gasteiger partial charge in [0.25, 0.3) is 5.56 Å². The van der Waals surface area contributed by atoms with E-state index in [1.807, 2.05) is 17.4 Å². The molecule has 0 aliphatic heterocycles. The Morgan fingerprint density at radius 1 is 1.03 bits per heavy atom. The first-order chi connectivity index (χ1) is 15.4. The van der Waals surface area contributed by atoms with Crippen LogP contribution in [0.4, 0.5) is 0 Å². The highest BCUT2D eigenvalue weighted by Gasteiger charge is 2.27. The van der Waals surface area contributed by atoms with E-state index in [1.54, 1.807) is 31.3 Å². The van der Waals surface area contributed by atoms with E-state index >= 15 is 0 Å². The summed E-state index contributed by atoms with van der Waals surface area (Å²) in [6.07, 6.45) is 5.78. The van der Waals surface area contributed by atoms with Crippen molar-refractivity contribution in [3.8, 4) is 0 Å². The number of aromatic nitrogens is 5. The summed E-state index contributed by atoms with van der Waals surface area (Å²) >= 11 is 0. The number of fused-ring (bicyclic) bond motifs is 3. The van der Waals surface area contributed by atoms with E-state index in [-0.39, 0.29) is 12.3 Å². The number of aryl methyl sites for hydroxylation is 2. The van der Waals surface area contributed by atoms with Gasteiger partial charge in [0.05, 0.1) is 6.54 Å². The molecule has 0 bridgehead atoms. The molecule has 0 radical (unpaired) electrons. The molecule has 3 aromatic heterocycles. The van der Waals surface area contributed by atoms with Gasteiger partial charge in [-0.05, 0) is 26.7 Å². The molecule has 4 aromatic rings. The quantitative estimate of drug-likeness (QED) is 0.463. The van der Waals surface area contributed by atoms with Gasteiger partial charge >= 0.3 is 5.69 Å². The first-order valence-electron chi connectivity index (χ1n) is 11.2. The molecule has 1 fully saturated rings. The van der Waals surface area contributed by atoms with Crippen LogP contribution in [0.2, 0.25) is 0 Å². The summed E-state index contributed by atoms with van der Waals surface area (Å²) in [6, 6.07) is 9.06. The maximum Gasteiger partial charge on any atom is 0.332 e. The molecule has 32 heavy (non-hydrogen) atoms. The fraction of sp³-hybridized carbons (Fsp3) is 0.417. The lowest BCUT2D eigenvalue weighted by molar-refractivity contribution is 0.0969. The van der Waals surface area contributed by atoms with Crippen LogP contribution < -0.4 is 11.2 Å². The van der Waals surface area contributed by atoms with E-state index in [0.29, 0.717) is 28.5 Å². The van der Waals surface area contributed by atoms with E-state index in [9.17, 15) is 14.4 Å². The second-order valence-electron chi connectivity index (χ2n) is 8.77. The Balaban J connectivity index is 1.73. The lowest BCUT2D eigenvalue weighted by Crippen LogP contribution is -2.41. The zero-order chi connectivity index (χ0) is 22.6. The van der Waals surface area contributed by atoms with Gasteiger partial charge in [0.2, 0.25) is 5.78 Å². The van der Waals surface area contributed by atoms with Crippen LogP contribution in [0.3, 0.4) is 0 Å². The molecule has 1 saturated carbocycles. The summed E-state index contributed by atoms with van der Waals surface area (Å²) in [6.45, 7) is 3.73. The molecule has 1 aliphatic carbocycles. The lowest BCUT2D eigenvalue weighted by Gasteiger charge is -2.24. The second-order valence-corrected chi connectivity index (χ2v) is 8.77. The van der Waals surface area contributed by atoms with Gasteiger partial charge < -0.3 is 4.57 Å². The number of carbonyl (C=O) groups is 1. The van der Waals surface area contributed by atoms with Crippen molar-refractivity contribution in [1.82, 2.24) is 23.1 Å². The predicted octanol–water partition coefficient (Wildman–Crippen LogP) is 3.15. The fourth-order valence-corrected chi connectivity index (χ4v) is 5.05. The summed E-state index contributed by atoms with van der Waals surface area (Å²) in [5, 5.41) is 0. The van der Waals surface area contributed by atoms with E-state index in [0.717, 1.165) is 28.8 Å². The summed E-state index contributed by atoms with van der Waals surface area (Å²) in [7, 11) is 1.60. The molecule has 0 N–H and O–H groups in total. The highest BCUT2D eigenvalue weighted by molar-refractivity contribution is 5.96. The molecule has 1 aromatic carbocycles. The molecule has 1 aliphatic rings. The molecule has 3 heterocycles. The Labute approximate surface area is 184 Å². The maximum absolute atomic E-state index is 13.5. The fourth-order valence-electron chi connectivity index (χ4n) is 5.05. The Kier molecular flexibility index (Phi) is 4.87. The van der Waals surface area contributed by atoms with Gasteiger partial charge in [0.1, 0.15) is 0 Å². The van der Waals surface area contributed by atoms with Crippen LogP contribution in [-0.2, 0) is 13.6 Å². The third-order valence-corrected chi connectivity index (χ3v) is 6.90. The number of rotatable bonds is 4. The molecule has 8 heteroatoms. The number of nitrogens with zero attached hydrogens (tertiary/aromatic N) is 5. The predicted molar refractivity (Wildman–Crippen MR) is 123 cm³/mol. The maximum atomic E-state index is 13.5. The summed E-state index contributed by atoms with van der Waals surface area (Å²) in [4.78, 5) is 44.1. The zero-order valence-electron chi connectivity index (χ0n) is 18.7. The Hall–Kier alpha value is -3.42. The smallest absolute Gasteiger partial charge is 0.311 e. The molecule has 0 saturated heterocycles. The Morgan fingerprint density at radius 2 is 1.72 bits per heavy atom. The molecular weight excluding hydrogens is 406 g/mol. The van der Waals surface area contributed by atoms with Gasteiger partial charge in [-0.1, -0.05) is 49.6 Å². The van der Waals surface area contributed by atoms with E-state index in [4.69, 9.17) is 4.98 Å². The van der Waals surface area contributed by atoms with Gasteiger partial charge in [-0.15, -0.1) is 0 Å². The SMILES string of the molecule is Cc1c(C)n2c3c(=O)n(CC(=O)c4ccccc4)c(=O)n(C)c3nc2n1C1CCCCC1. The summed E-state index contributed by atoms with van der Waals surface area (Å²) < 4.78 is 6.50. The number of Topliss-reactive ketones (excluding diaryl/α,β-unsaturated/α-hetero) is 1. The average molecular weight is 434 g/mol. The van der Waals surface area contributed by atoms with Gasteiger partial charge in [-0.3, -0.25) is 23.1 Å². The number of hydrogen-bond acceptors (Lipinski definition) is 4. The number of ketones is 1. The normalized spacial score (nSPS) is 15.1. The standard InChI is InChI=1S/C24H27N5O3/c1-15-16(2)29-20-21(25-23(29)28(15)18-12-8-5-9-13-18)26(3)24(32)27(22(20)31)14-19(30)17-10-6-4-7-11-17/h4,6-7,10-11,18H,5,8-9,12-14H2,1-3H3. The molecule has 0 atom stereocenters. The van der Waals surface area contributed by atoms with Gasteiger partial charge in [0, 0.05) is 30.0 Å². The minimum atomic E-state index is -0.536. The number of hydrogen-bond donors (Lipinski definition) is 0. The molecule has 0 spiro atoms. The monoisotopic (exact) mass is 433 g/mol. The van der Waals surface area contributed by atoms with Crippen molar-refractivity contribution in [3.63, 3.8) is 0 Å².